The zero-order valence-corrected chi connectivity index (χ0v) is 17.5. The van der Waals surface area contributed by atoms with Crippen molar-refractivity contribution in [2.75, 3.05) is 46.4 Å². The molecule has 2 fully saturated rings. The molecular formula is C21H32ClN3O3. The summed E-state index contributed by atoms with van der Waals surface area (Å²) in [5.41, 5.74) is 0. The van der Waals surface area contributed by atoms with Crippen LogP contribution in [0.25, 0.3) is 0 Å². The zero-order chi connectivity index (χ0) is 19.1. The van der Waals surface area contributed by atoms with Crippen molar-refractivity contribution in [1.29, 1.82) is 0 Å². The van der Waals surface area contributed by atoms with Crippen molar-refractivity contribution in [2.24, 2.45) is 11.8 Å². The number of piperidine rings is 1. The third-order valence-electron chi connectivity index (χ3n) is 5.54. The van der Waals surface area contributed by atoms with Crippen LogP contribution in [0.1, 0.15) is 25.7 Å². The Morgan fingerprint density at radius 1 is 1.11 bits per heavy atom. The molecule has 2 aliphatic heterocycles. The van der Waals surface area contributed by atoms with Crippen LogP contribution < -0.4 is 10.1 Å². The van der Waals surface area contributed by atoms with Crippen LogP contribution in [0.2, 0.25) is 0 Å². The third-order valence-corrected chi connectivity index (χ3v) is 5.54. The van der Waals surface area contributed by atoms with E-state index in [0.29, 0.717) is 25.5 Å². The molecule has 0 aliphatic carbocycles. The van der Waals surface area contributed by atoms with E-state index in [1.54, 1.807) is 0 Å². The highest BCUT2D eigenvalue weighted by Gasteiger charge is 2.34. The quantitative estimate of drug-likeness (QED) is 0.749. The molecule has 2 atom stereocenters. The maximum absolute atomic E-state index is 12.9. The van der Waals surface area contributed by atoms with E-state index in [0.717, 1.165) is 51.2 Å². The van der Waals surface area contributed by atoms with E-state index in [2.05, 4.69) is 5.32 Å². The lowest BCUT2D eigenvalue weighted by Crippen LogP contribution is -2.46. The van der Waals surface area contributed by atoms with Crippen LogP contribution in [0.15, 0.2) is 30.3 Å². The van der Waals surface area contributed by atoms with Gasteiger partial charge in [0.25, 0.3) is 0 Å². The monoisotopic (exact) mass is 409 g/mol. The molecule has 1 aromatic carbocycles. The summed E-state index contributed by atoms with van der Waals surface area (Å²) in [6, 6.07) is 9.54. The summed E-state index contributed by atoms with van der Waals surface area (Å²) in [7, 11) is 1.95. The predicted molar refractivity (Wildman–Crippen MR) is 112 cm³/mol. The number of amides is 2. The summed E-state index contributed by atoms with van der Waals surface area (Å²) >= 11 is 0. The first-order chi connectivity index (χ1) is 13.2. The van der Waals surface area contributed by atoms with Crippen molar-refractivity contribution in [3.63, 3.8) is 0 Å². The van der Waals surface area contributed by atoms with Crippen molar-refractivity contribution in [3.05, 3.63) is 30.3 Å². The van der Waals surface area contributed by atoms with E-state index in [1.165, 1.54) is 0 Å². The molecular weight excluding hydrogens is 378 g/mol. The fourth-order valence-electron chi connectivity index (χ4n) is 4.08. The summed E-state index contributed by atoms with van der Waals surface area (Å²) in [6.07, 6.45) is 3.20. The van der Waals surface area contributed by atoms with Gasteiger partial charge in [-0.15, -0.1) is 12.4 Å². The van der Waals surface area contributed by atoms with Crippen molar-refractivity contribution in [1.82, 2.24) is 15.1 Å². The first-order valence-corrected chi connectivity index (χ1v) is 10.1. The first kappa shape index (κ1) is 22.5. The van der Waals surface area contributed by atoms with Crippen LogP contribution in [0.3, 0.4) is 0 Å². The Labute approximate surface area is 174 Å². The second kappa shape index (κ2) is 11.3. The molecule has 156 valence electrons. The van der Waals surface area contributed by atoms with Crippen LogP contribution in [0.4, 0.5) is 0 Å². The number of ether oxygens (including phenoxy) is 1. The van der Waals surface area contributed by atoms with Gasteiger partial charge < -0.3 is 19.9 Å². The number of hydrogen-bond acceptors (Lipinski definition) is 4. The molecule has 0 bridgehead atoms. The van der Waals surface area contributed by atoms with E-state index in [-0.39, 0.29) is 30.1 Å². The average Bonchev–Trinajstić information content (AvgIpc) is 3.17. The molecule has 0 saturated carbocycles. The molecule has 2 aliphatic rings. The highest BCUT2D eigenvalue weighted by molar-refractivity contribution is 5.85. The van der Waals surface area contributed by atoms with Crippen molar-refractivity contribution >= 4 is 24.2 Å². The molecule has 1 N–H and O–H groups in total. The van der Waals surface area contributed by atoms with E-state index in [1.807, 2.05) is 47.2 Å². The van der Waals surface area contributed by atoms with Gasteiger partial charge >= 0.3 is 0 Å². The number of hydrogen-bond donors (Lipinski definition) is 1. The maximum atomic E-state index is 12.9. The predicted octanol–water partition coefficient (Wildman–Crippen LogP) is 2.18. The number of likely N-dealkylation sites (tertiary alicyclic amines) is 2. The Hall–Kier alpha value is -1.79. The van der Waals surface area contributed by atoms with Crippen LogP contribution in [-0.2, 0) is 9.59 Å². The number of carbonyl (C=O) groups excluding carboxylic acids is 2. The molecule has 0 radical (unpaired) electrons. The highest BCUT2D eigenvalue weighted by atomic mass is 35.5. The number of halogens is 1. The molecule has 2 unspecified atom stereocenters. The number of nitrogens with one attached hydrogen (secondary N) is 1. The molecule has 2 heterocycles. The summed E-state index contributed by atoms with van der Waals surface area (Å²) in [6.45, 7) is 4.32. The minimum atomic E-state index is -0.0499. The van der Waals surface area contributed by atoms with Crippen molar-refractivity contribution in [2.45, 2.75) is 25.7 Å². The van der Waals surface area contributed by atoms with Gasteiger partial charge in [0.05, 0.1) is 18.9 Å². The lowest BCUT2D eigenvalue weighted by Gasteiger charge is -2.34. The molecule has 6 nitrogen and oxygen atoms in total. The Morgan fingerprint density at radius 2 is 1.89 bits per heavy atom. The second-order valence-corrected chi connectivity index (χ2v) is 7.59. The maximum Gasteiger partial charge on any atom is 0.227 e. The molecule has 3 rings (SSSR count). The first-order valence-electron chi connectivity index (χ1n) is 10.1. The fourth-order valence-corrected chi connectivity index (χ4v) is 4.08. The van der Waals surface area contributed by atoms with Gasteiger partial charge in [-0.05, 0) is 50.9 Å². The van der Waals surface area contributed by atoms with Gasteiger partial charge in [-0.25, -0.2) is 0 Å². The van der Waals surface area contributed by atoms with Gasteiger partial charge in [0, 0.05) is 26.2 Å². The minimum absolute atomic E-state index is 0. The number of nitrogens with zero attached hydrogens (tertiary/aromatic N) is 2. The second-order valence-electron chi connectivity index (χ2n) is 7.59. The van der Waals surface area contributed by atoms with Crippen molar-refractivity contribution < 1.29 is 14.3 Å². The molecule has 1 aromatic rings. The SMILES string of the molecule is CNCC1CCN(C(=O)C2CCCN(C(=O)CCOc3ccccc3)C2)C1.Cl. The molecule has 7 heteroatoms. The number of rotatable bonds is 7. The van der Waals surface area contributed by atoms with E-state index >= 15 is 0 Å². The van der Waals surface area contributed by atoms with Gasteiger partial charge in [0.2, 0.25) is 11.8 Å². The van der Waals surface area contributed by atoms with E-state index in [9.17, 15) is 9.59 Å². The standard InChI is InChI=1S/C21H31N3O3.ClH/c1-22-14-17-9-12-24(15-17)21(26)18-6-5-11-23(16-18)20(25)10-13-27-19-7-3-2-4-8-19;/h2-4,7-8,17-18,22H,5-6,9-16H2,1H3;1H. The molecule has 0 spiro atoms. The van der Waals surface area contributed by atoms with Gasteiger partial charge in [0.15, 0.2) is 0 Å². The lowest BCUT2D eigenvalue weighted by molar-refractivity contribution is -0.140. The summed E-state index contributed by atoms with van der Waals surface area (Å²) in [5.74, 6) is 1.59. The molecule has 0 aromatic heterocycles. The van der Waals surface area contributed by atoms with Gasteiger partial charge in [-0.1, -0.05) is 18.2 Å². The zero-order valence-electron chi connectivity index (χ0n) is 16.6. The molecule has 28 heavy (non-hydrogen) atoms. The summed E-state index contributed by atoms with van der Waals surface area (Å²) in [5, 5.41) is 3.20. The number of carbonyl (C=O) groups is 2. The fraction of sp³-hybridized carbons (Fsp3) is 0.619. The van der Waals surface area contributed by atoms with Crippen LogP contribution in [-0.4, -0.2) is 68.0 Å². The Bertz CT molecular complexity index is 629. The van der Waals surface area contributed by atoms with Crippen LogP contribution >= 0.6 is 12.4 Å². The van der Waals surface area contributed by atoms with E-state index in [4.69, 9.17) is 4.74 Å². The average molecular weight is 410 g/mol. The van der Waals surface area contributed by atoms with Crippen molar-refractivity contribution in [3.8, 4) is 5.75 Å². The normalized spacial score (nSPS) is 21.9. The van der Waals surface area contributed by atoms with Crippen LogP contribution in [0, 0.1) is 11.8 Å². The largest absolute Gasteiger partial charge is 0.493 e. The van der Waals surface area contributed by atoms with E-state index < -0.39 is 0 Å². The summed E-state index contributed by atoms with van der Waals surface area (Å²) in [4.78, 5) is 29.2. The summed E-state index contributed by atoms with van der Waals surface area (Å²) < 4.78 is 5.63. The smallest absolute Gasteiger partial charge is 0.227 e. The Balaban J connectivity index is 0.00000280. The Morgan fingerprint density at radius 3 is 2.64 bits per heavy atom. The number of para-hydroxylation sites is 1. The molecule has 2 amide bonds. The topological polar surface area (TPSA) is 61.9 Å². The minimum Gasteiger partial charge on any atom is -0.493 e. The highest BCUT2D eigenvalue weighted by Crippen LogP contribution is 2.23. The third kappa shape index (κ3) is 6.11. The van der Waals surface area contributed by atoms with Crippen LogP contribution in [0.5, 0.6) is 5.75 Å². The lowest BCUT2D eigenvalue weighted by atomic mass is 9.96. The number of benzene rings is 1. The Kier molecular flexibility index (Phi) is 9.06. The molecule has 2 saturated heterocycles. The van der Waals surface area contributed by atoms with Gasteiger partial charge in [-0.3, -0.25) is 9.59 Å². The van der Waals surface area contributed by atoms with Gasteiger partial charge in [0.1, 0.15) is 5.75 Å². The van der Waals surface area contributed by atoms with Gasteiger partial charge in [-0.2, -0.15) is 0 Å².